The summed E-state index contributed by atoms with van der Waals surface area (Å²) in [5.41, 5.74) is 1.92. The van der Waals surface area contributed by atoms with E-state index in [-0.39, 0.29) is 0 Å². The Bertz CT molecular complexity index is 980. The number of aromatic nitrogens is 1. The van der Waals surface area contributed by atoms with E-state index in [1.165, 1.54) is 16.9 Å². The van der Waals surface area contributed by atoms with Crippen LogP contribution in [0.2, 0.25) is 0 Å². The third-order valence-electron chi connectivity index (χ3n) is 5.27. The van der Waals surface area contributed by atoms with Gasteiger partial charge in [-0.1, -0.05) is 54.6 Å². The van der Waals surface area contributed by atoms with Crippen molar-refractivity contribution in [2.24, 2.45) is 0 Å². The summed E-state index contributed by atoms with van der Waals surface area (Å²) in [6, 6.07) is 17.7. The fourth-order valence-corrected chi connectivity index (χ4v) is 4.51. The van der Waals surface area contributed by atoms with Crippen LogP contribution in [0.1, 0.15) is 16.7 Å². The maximum absolute atomic E-state index is 12.7. The summed E-state index contributed by atoms with van der Waals surface area (Å²) in [4.78, 5) is 20.9. The molecule has 1 aliphatic heterocycles. The Morgan fingerprint density at radius 3 is 2.47 bits per heavy atom. The van der Waals surface area contributed by atoms with Crippen LogP contribution in [0.4, 0.5) is 0 Å². The zero-order chi connectivity index (χ0) is 20.9. The van der Waals surface area contributed by atoms with E-state index in [1.54, 1.807) is 4.90 Å². The van der Waals surface area contributed by atoms with Crippen LogP contribution >= 0.6 is 11.3 Å². The summed E-state index contributed by atoms with van der Waals surface area (Å²) >= 11 is 1.30. The monoisotopic (exact) mass is 423 g/mol. The molecule has 0 aliphatic carbocycles. The fourth-order valence-electron chi connectivity index (χ4n) is 3.53. The van der Waals surface area contributed by atoms with Crippen molar-refractivity contribution in [2.75, 3.05) is 32.7 Å². The average Bonchev–Trinajstić information content (AvgIpc) is 3.23. The molecule has 30 heavy (non-hydrogen) atoms. The van der Waals surface area contributed by atoms with Crippen LogP contribution in [-0.2, 0) is 4.79 Å². The maximum Gasteiger partial charge on any atom is 0.254 e. The minimum Gasteiger partial charge on any atom is -0.383 e. The number of thiazole rings is 1. The first-order chi connectivity index (χ1) is 14.6. The van der Waals surface area contributed by atoms with Gasteiger partial charge in [-0.05, 0) is 17.7 Å². The van der Waals surface area contributed by atoms with Crippen molar-refractivity contribution in [1.29, 1.82) is 0 Å². The summed E-state index contributed by atoms with van der Waals surface area (Å²) in [6.07, 6.45) is 1.39. The van der Waals surface area contributed by atoms with Crippen molar-refractivity contribution < 1.29 is 15.0 Å². The van der Waals surface area contributed by atoms with Gasteiger partial charge in [0.05, 0.1) is 10.2 Å². The lowest BCUT2D eigenvalue weighted by atomic mass is 10.1. The molecule has 156 valence electrons. The SMILES string of the molecule is O=C(C(O)C(O)c1nc2ccccc2s1)N1CCN(C/C=C/c2ccccc2)CC1. The Balaban J connectivity index is 1.29. The Hall–Kier alpha value is -2.58. The molecule has 1 saturated heterocycles. The number of piperazine rings is 1. The zero-order valence-electron chi connectivity index (χ0n) is 16.6. The first-order valence-electron chi connectivity index (χ1n) is 10.1. The molecule has 0 radical (unpaired) electrons. The number of amides is 1. The lowest BCUT2D eigenvalue weighted by Crippen LogP contribution is -2.52. The number of para-hydroxylation sites is 1. The molecule has 0 spiro atoms. The summed E-state index contributed by atoms with van der Waals surface area (Å²) in [7, 11) is 0. The number of carbonyl (C=O) groups excluding carboxylic acids is 1. The lowest BCUT2D eigenvalue weighted by Gasteiger charge is -2.35. The van der Waals surface area contributed by atoms with Gasteiger partial charge in [0.2, 0.25) is 0 Å². The van der Waals surface area contributed by atoms with Crippen molar-refractivity contribution in [3.63, 3.8) is 0 Å². The quantitative estimate of drug-likeness (QED) is 0.637. The van der Waals surface area contributed by atoms with Crippen LogP contribution in [0.15, 0.2) is 60.7 Å². The second-order valence-corrected chi connectivity index (χ2v) is 8.41. The molecule has 4 rings (SSSR count). The van der Waals surface area contributed by atoms with Crippen LogP contribution in [0.25, 0.3) is 16.3 Å². The standard InChI is InChI=1S/C23H25N3O3S/c27-20(22-24-18-10-4-5-11-19(18)30-22)21(28)23(29)26-15-13-25(14-16-26)12-6-9-17-7-2-1-3-8-17/h1-11,20-21,27-28H,12-16H2/b9-6+. The number of benzene rings is 2. The molecule has 0 saturated carbocycles. The van der Waals surface area contributed by atoms with Gasteiger partial charge in [0.15, 0.2) is 6.10 Å². The summed E-state index contributed by atoms with van der Waals surface area (Å²) in [5.74, 6) is -0.443. The molecule has 3 aromatic rings. The number of carbonyl (C=O) groups is 1. The normalized spacial score (nSPS) is 17.5. The van der Waals surface area contributed by atoms with Gasteiger partial charge >= 0.3 is 0 Å². The predicted molar refractivity (Wildman–Crippen MR) is 119 cm³/mol. The Kier molecular flexibility index (Phi) is 6.54. The molecule has 2 atom stereocenters. The highest BCUT2D eigenvalue weighted by Crippen LogP contribution is 2.28. The largest absolute Gasteiger partial charge is 0.383 e. The van der Waals surface area contributed by atoms with Crippen LogP contribution in [-0.4, -0.2) is 69.7 Å². The molecule has 2 aromatic carbocycles. The molecule has 1 aliphatic rings. The van der Waals surface area contributed by atoms with Gasteiger partial charge in [0, 0.05) is 32.7 Å². The molecule has 1 aromatic heterocycles. The van der Waals surface area contributed by atoms with Crippen LogP contribution in [0.3, 0.4) is 0 Å². The van der Waals surface area contributed by atoms with Gasteiger partial charge in [-0.2, -0.15) is 0 Å². The summed E-state index contributed by atoms with van der Waals surface area (Å²) in [6.45, 7) is 3.33. The first kappa shape index (κ1) is 20.7. The molecule has 2 heterocycles. The Morgan fingerprint density at radius 2 is 1.73 bits per heavy atom. The van der Waals surface area contributed by atoms with E-state index in [2.05, 4.69) is 34.2 Å². The smallest absolute Gasteiger partial charge is 0.254 e. The van der Waals surface area contributed by atoms with Crippen LogP contribution in [0.5, 0.6) is 0 Å². The number of hydrogen-bond donors (Lipinski definition) is 2. The molecular weight excluding hydrogens is 398 g/mol. The van der Waals surface area contributed by atoms with Gasteiger partial charge in [-0.3, -0.25) is 9.69 Å². The molecule has 6 nitrogen and oxygen atoms in total. The molecule has 1 fully saturated rings. The summed E-state index contributed by atoms with van der Waals surface area (Å²) in [5, 5.41) is 21.3. The van der Waals surface area contributed by atoms with Crippen molar-refractivity contribution in [2.45, 2.75) is 12.2 Å². The number of fused-ring (bicyclic) bond motifs is 1. The van der Waals surface area contributed by atoms with E-state index in [0.717, 1.165) is 29.9 Å². The highest BCUT2D eigenvalue weighted by molar-refractivity contribution is 7.18. The maximum atomic E-state index is 12.7. The number of aliphatic hydroxyl groups is 2. The van der Waals surface area contributed by atoms with Crippen LogP contribution < -0.4 is 0 Å². The minimum absolute atomic E-state index is 0.363. The topological polar surface area (TPSA) is 76.9 Å². The van der Waals surface area contributed by atoms with E-state index in [9.17, 15) is 15.0 Å². The molecule has 7 heteroatoms. The molecular formula is C23H25N3O3S. The van der Waals surface area contributed by atoms with Gasteiger partial charge < -0.3 is 15.1 Å². The number of hydrogen-bond acceptors (Lipinski definition) is 6. The second-order valence-electron chi connectivity index (χ2n) is 7.35. The average molecular weight is 424 g/mol. The predicted octanol–water partition coefficient (Wildman–Crippen LogP) is 2.55. The van der Waals surface area contributed by atoms with Crippen LogP contribution in [0, 0.1) is 0 Å². The number of rotatable bonds is 6. The Labute approximate surface area is 179 Å². The van der Waals surface area contributed by atoms with Gasteiger partial charge in [0.1, 0.15) is 11.1 Å². The zero-order valence-corrected chi connectivity index (χ0v) is 17.4. The van der Waals surface area contributed by atoms with Gasteiger partial charge in [-0.15, -0.1) is 11.3 Å². The molecule has 0 bridgehead atoms. The molecule has 2 unspecified atom stereocenters. The highest BCUT2D eigenvalue weighted by atomic mass is 32.1. The van der Waals surface area contributed by atoms with Crippen molar-refractivity contribution in [3.8, 4) is 0 Å². The van der Waals surface area contributed by atoms with Crippen molar-refractivity contribution >= 4 is 33.5 Å². The minimum atomic E-state index is -1.50. The van der Waals surface area contributed by atoms with Gasteiger partial charge in [-0.25, -0.2) is 4.98 Å². The summed E-state index contributed by atoms with van der Waals surface area (Å²) < 4.78 is 0.920. The number of nitrogens with zero attached hydrogens (tertiary/aromatic N) is 3. The van der Waals surface area contributed by atoms with Gasteiger partial charge in [0.25, 0.3) is 5.91 Å². The molecule has 2 N–H and O–H groups in total. The van der Waals surface area contributed by atoms with E-state index in [0.29, 0.717) is 18.1 Å². The van der Waals surface area contributed by atoms with Crippen molar-refractivity contribution in [3.05, 3.63) is 71.2 Å². The fraction of sp³-hybridized carbons (Fsp3) is 0.304. The van der Waals surface area contributed by atoms with E-state index < -0.39 is 18.1 Å². The molecule has 1 amide bonds. The highest BCUT2D eigenvalue weighted by Gasteiger charge is 2.33. The van der Waals surface area contributed by atoms with Crippen molar-refractivity contribution in [1.82, 2.24) is 14.8 Å². The number of aliphatic hydroxyl groups excluding tert-OH is 2. The van der Waals surface area contributed by atoms with E-state index >= 15 is 0 Å². The van der Waals surface area contributed by atoms with E-state index in [4.69, 9.17) is 0 Å². The first-order valence-corrected chi connectivity index (χ1v) is 10.9. The lowest BCUT2D eigenvalue weighted by molar-refractivity contribution is -0.148. The third kappa shape index (κ3) is 4.76. The second kappa shape index (κ2) is 9.49. The van der Waals surface area contributed by atoms with E-state index in [1.807, 2.05) is 42.5 Å². The third-order valence-corrected chi connectivity index (χ3v) is 6.38. The Morgan fingerprint density at radius 1 is 1.03 bits per heavy atom.